The van der Waals surface area contributed by atoms with Gasteiger partial charge in [-0.2, -0.15) is 10.1 Å². The summed E-state index contributed by atoms with van der Waals surface area (Å²) in [7, 11) is 0. The number of hydrogen-bond acceptors (Lipinski definition) is 7. The van der Waals surface area contributed by atoms with Gasteiger partial charge in [0.2, 0.25) is 5.13 Å². The van der Waals surface area contributed by atoms with Crippen LogP contribution in [0.15, 0.2) is 64.1 Å². The molecule has 11 heteroatoms. The van der Waals surface area contributed by atoms with Gasteiger partial charge in [-0.15, -0.1) is 0 Å². The van der Waals surface area contributed by atoms with Gasteiger partial charge in [0.1, 0.15) is 10.7 Å². The Morgan fingerprint density at radius 1 is 1.27 bits per heavy atom. The van der Waals surface area contributed by atoms with E-state index in [1.807, 2.05) is 22.6 Å². The highest BCUT2D eigenvalue weighted by Crippen LogP contribution is 2.31. The van der Waals surface area contributed by atoms with E-state index in [1.54, 1.807) is 24.3 Å². The fourth-order valence-corrected chi connectivity index (χ4v) is 4.10. The molecule has 0 fully saturated rings. The van der Waals surface area contributed by atoms with Crippen molar-refractivity contribution in [2.24, 2.45) is 5.10 Å². The number of furan rings is 1. The monoisotopic (exact) mass is 536 g/mol. The molecule has 0 saturated heterocycles. The van der Waals surface area contributed by atoms with Gasteiger partial charge in [0.05, 0.1) is 28.1 Å². The first-order valence-corrected chi connectivity index (χ1v) is 10.2. The van der Waals surface area contributed by atoms with E-state index >= 15 is 0 Å². The molecule has 0 radical (unpaired) electrons. The van der Waals surface area contributed by atoms with E-state index in [1.165, 1.54) is 36.5 Å². The van der Waals surface area contributed by atoms with Crippen molar-refractivity contribution in [3.63, 3.8) is 0 Å². The molecule has 0 aliphatic rings. The summed E-state index contributed by atoms with van der Waals surface area (Å²) in [6, 6.07) is 13.6. The zero-order chi connectivity index (χ0) is 21.3. The van der Waals surface area contributed by atoms with Crippen molar-refractivity contribution in [2.75, 3.05) is 5.01 Å². The summed E-state index contributed by atoms with van der Waals surface area (Å²) in [5.74, 6) is -1.23. The van der Waals surface area contributed by atoms with Crippen LogP contribution in [-0.4, -0.2) is 22.0 Å². The Kier molecular flexibility index (Phi) is 5.55. The summed E-state index contributed by atoms with van der Waals surface area (Å²) in [4.78, 5) is 27.7. The summed E-state index contributed by atoms with van der Waals surface area (Å²) < 4.78 is 19.9. The van der Waals surface area contributed by atoms with Gasteiger partial charge < -0.3 is 4.42 Å². The molecule has 2 aromatic heterocycles. The Balaban J connectivity index is 1.76. The van der Waals surface area contributed by atoms with E-state index in [4.69, 9.17) is 4.42 Å². The standard InChI is InChI=1S/C19H10FIN4O4S/c20-11-5-7-15-16(9-11)30-19(23-15)24(18(26)13-3-1-2-4-14(13)21)22-10-12-6-8-17(29-12)25(27)28/h1-10H/b22-10+. The Bertz CT molecular complexity index is 1300. The minimum atomic E-state index is -0.672. The van der Waals surface area contributed by atoms with Gasteiger partial charge in [-0.25, -0.2) is 9.37 Å². The molecule has 1 amide bonds. The second-order valence-corrected chi connectivity index (χ2v) is 8.05. The Hall–Kier alpha value is -3.19. The largest absolute Gasteiger partial charge is 0.433 e. The zero-order valence-corrected chi connectivity index (χ0v) is 17.8. The molecule has 4 aromatic rings. The number of carbonyl (C=O) groups is 1. The number of rotatable bonds is 5. The third-order valence-corrected chi connectivity index (χ3v) is 5.84. The summed E-state index contributed by atoms with van der Waals surface area (Å²) in [6.07, 6.45) is 1.19. The van der Waals surface area contributed by atoms with Crippen molar-refractivity contribution in [1.82, 2.24) is 4.98 Å². The number of nitrogens with zero attached hydrogens (tertiary/aromatic N) is 4. The third kappa shape index (κ3) is 4.07. The highest BCUT2D eigenvalue weighted by Gasteiger charge is 2.23. The third-order valence-electron chi connectivity index (χ3n) is 3.91. The van der Waals surface area contributed by atoms with E-state index in [2.05, 4.69) is 10.1 Å². The maximum Gasteiger partial charge on any atom is 0.433 e. The quantitative estimate of drug-likeness (QED) is 0.151. The molecule has 150 valence electrons. The number of halogens is 2. The van der Waals surface area contributed by atoms with Gasteiger partial charge in [-0.05, 0) is 59.0 Å². The number of aromatic nitrogens is 1. The predicted molar refractivity (Wildman–Crippen MR) is 119 cm³/mol. The minimum absolute atomic E-state index is 0.0921. The molecular formula is C19H10FIN4O4S. The molecule has 4 rings (SSSR count). The number of carbonyl (C=O) groups excluding carboxylic acids is 1. The maximum atomic E-state index is 13.6. The fourth-order valence-electron chi connectivity index (χ4n) is 2.54. The number of anilines is 1. The molecule has 0 atom stereocenters. The highest BCUT2D eigenvalue weighted by atomic mass is 127. The fraction of sp³-hybridized carbons (Fsp3) is 0. The molecule has 8 nitrogen and oxygen atoms in total. The lowest BCUT2D eigenvalue weighted by atomic mass is 10.2. The average molecular weight is 536 g/mol. The van der Waals surface area contributed by atoms with E-state index < -0.39 is 22.5 Å². The number of hydrazone groups is 1. The van der Waals surface area contributed by atoms with Crippen molar-refractivity contribution in [3.05, 3.63) is 85.4 Å². The van der Waals surface area contributed by atoms with Crippen LogP contribution in [0, 0.1) is 19.5 Å². The van der Waals surface area contributed by atoms with E-state index in [9.17, 15) is 19.3 Å². The van der Waals surface area contributed by atoms with Crippen LogP contribution in [0.25, 0.3) is 10.2 Å². The highest BCUT2D eigenvalue weighted by molar-refractivity contribution is 14.1. The van der Waals surface area contributed by atoms with E-state index in [0.29, 0.717) is 19.4 Å². The van der Waals surface area contributed by atoms with E-state index in [0.717, 1.165) is 16.3 Å². The topological polar surface area (TPSA) is 102 Å². The lowest BCUT2D eigenvalue weighted by Gasteiger charge is -2.14. The van der Waals surface area contributed by atoms with Gasteiger partial charge in [-0.3, -0.25) is 14.9 Å². The Morgan fingerprint density at radius 3 is 2.80 bits per heavy atom. The molecule has 0 aliphatic carbocycles. The molecule has 30 heavy (non-hydrogen) atoms. The number of nitro groups is 1. The second-order valence-electron chi connectivity index (χ2n) is 5.88. The van der Waals surface area contributed by atoms with Crippen LogP contribution in [0.1, 0.15) is 16.1 Å². The van der Waals surface area contributed by atoms with Crippen molar-refractivity contribution >= 4 is 67.3 Å². The van der Waals surface area contributed by atoms with Crippen LogP contribution in [-0.2, 0) is 0 Å². The molecule has 0 N–H and O–H groups in total. The van der Waals surface area contributed by atoms with Crippen molar-refractivity contribution in [2.45, 2.75) is 0 Å². The molecule has 0 saturated carbocycles. The van der Waals surface area contributed by atoms with Gasteiger partial charge in [-0.1, -0.05) is 23.5 Å². The predicted octanol–water partition coefficient (Wildman–Crippen LogP) is 5.22. The van der Waals surface area contributed by atoms with Gasteiger partial charge in [0.25, 0.3) is 5.91 Å². The summed E-state index contributed by atoms with van der Waals surface area (Å²) in [5.41, 5.74) is 0.909. The first-order chi connectivity index (χ1) is 14.4. The zero-order valence-electron chi connectivity index (χ0n) is 14.9. The molecule has 2 heterocycles. The lowest BCUT2D eigenvalue weighted by Crippen LogP contribution is -2.26. The smallest absolute Gasteiger partial charge is 0.400 e. The van der Waals surface area contributed by atoms with Crippen molar-refractivity contribution in [3.8, 4) is 0 Å². The van der Waals surface area contributed by atoms with Crippen LogP contribution >= 0.6 is 33.9 Å². The van der Waals surface area contributed by atoms with Crippen molar-refractivity contribution < 1.29 is 18.5 Å². The Labute approximate surface area is 185 Å². The van der Waals surface area contributed by atoms with E-state index in [-0.39, 0.29) is 10.9 Å². The SMILES string of the molecule is O=C(c1ccccc1I)N(/N=C/c1ccc([N+](=O)[O-])o1)c1nc2ccc(F)cc2s1. The second kappa shape index (κ2) is 8.28. The number of benzene rings is 2. The molecule has 0 unspecified atom stereocenters. The van der Waals surface area contributed by atoms with Gasteiger partial charge >= 0.3 is 5.88 Å². The maximum absolute atomic E-state index is 13.6. The Morgan fingerprint density at radius 2 is 2.07 bits per heavy atom. The normalized spacial score (nSPS) is 11.3. The average Bonchev–Trinajstić information content (AvgIpc) is 3.35. The number of thiazole rings is 1. The first kappa shape index (κ1) is 20.1. The molecule has 0 bridgehead atoms. The lowest BCUT2D eigenvalue weighted by molar-refractivity contribution is -0.402. The van der Waals surface area contributed by atoms with Gasteiger partial charge in [0, 0.05) is 3.57 Å². The summed E-state index contributed by atoms with van der Waals surface area (Å²) in [6.45, 7) is 0. The number of hydrogen-bond donors (Lipinski definition) is 0. The van der Waals surface area contributed by atoms with Crippen molar-refractivity contribution in [1.29, 1.82) is 0 Å². The number of fused-ring (bicyclic) bond motifs is 1. The molecule has 2 aromatic carbocycles. The summed E-state index contributed by atoms with van der Waals surface area (Å²) in [5, 5.41) is 16.2. The molecule has 0 aliphatic heterocycles. The van der Waals surface area contributed by atoms with Crippen LogP contribution in [0.4, 0.5) is 15.4 Å². The first-order valence-electron chi connectivity index (χ1n) is 8.35. The minimum Gasteiger partial charge on any atom is -0.400 e. The van der Waals surface area contributed by atoms with Crippen LogP contribution < -0.4 is 5.01 Å². The molecule has 0 spiro atoms. The van der Waals surface area contributed by atoms with Crippen LogP contribution in [0.5, 0.6) is 0 Å². The van der Waals surface area contributed by atoms with Gasteiger partial charge in [0.15, 0.2) is 5.76 Å². The summed E-state index contributed by atoms with van der Waals surface area (Å²) >= 11 is 3.13. The van der Waals surface area contributed by atoms with Crippen LogP contribution in [0.2, 0.25) is 0 Å². The molecular weight excluding hydrogens is 526 g/mol. The van der Waals surface area contributed by atoms with Crippen LogP contribution in [0.3, 0.4) is 0 Å². The number of amides is 1.